The van der Waals surface area contributed by atoms with E-state index in [4.69, 9.17) is 16.7 Å². The highest BCUT2D eigenvalue weighted by Gasteiger charge is 2.27. The molecule has 17 heavy (non-hydrogen) atoms. The first-order chi connectivity index (χ1) is 7.72. The summed E-state index contributed by atoms with van der Waals surface area (Å²) in [5.74, 6) is -2.22. The van der Waals surface area contributed by atoms with E-state index in [-0.39, 0.29) is 10.7 Å². The summed E-state index contributed by atoms with van der Waals surface area (Å²) in [5, 5.41) is 6.94. The van der Waals surface area contributed by atoms with Crippen LogP contribution in [0.2, 0.25) is 5.02 Å². The molecule has 0 saturated carbocycles. The number of hydrogen-bond donors (Lipinski definition) is 2. The normalized spacial score (nSPS) is 13.1. The lowest BCUT2D eigenvalue weighted by atomic mass is 10.3. The number of rotatable bonds is 4. The third kappa shape index (κ3) is 3.57. The number of hydrogen-bond acceptors (Lipinski definition) is 3. The lowest BCUT2D eigenvalue weighted by molar-refractivity contribution is -0.136. The summed E-state index contributed by atoms with van der Waals surface area (Å²) < 4.78 is 37.9. The van der Waals surface area contributed by atoms with Crippen molar-refractivity contribution in [1.29, 1.82) is 0 Å². The molecule has 0 aromatic heterocycles. The maximum atomic E-state index is 12.9. The van der Waals surface area contributed by atoms with Crippen molar-refractivity contribution in [3.63, 3.8) is 0 Å². The van der Waals surface area contributed by atoms with Crippen molar-refractivity contribution < 1.29 is 22.7 Å². The van der Waals surface area contributed by atoms with Crippen LogP contribution in [-0.2, 0) is 14.8 Å². The third-order valence-electron chi connectivity index (χ3n) is 1.94. The van der Waals surface area contributed by atoms with Gasteiger partial charge in [0.05, 0.1) is 5.69 Å². The summed E-state index contributed by atoms with van der Waals surface area (Å²) in [4.78, 5) is 10.6. The minimum Gasteiger partial charge on any atom is -0.480 e. The molecule has 94 valence electrons. The molecule has 1 aromatic carbocycles. The Morgan fingerprint density at radius 3 is 2.53 bits per heavy atom. The van der Waals surface area contributed by atoms with E-state index >= 15 is 0 Å². The molecule has 1 aromatic rings. The van der Waals surface area contributed by atoms with Gasteiger partial charge >= 0.3 is 5.97 Å². The summed E-state index contributed by atoms with van der Waals surface area (Å²) in [5.41, 5.74) is -0.122. The van der Waals surface area contributed by atoms with E-state index < -0.39 is 27.1 Å². The molecule has 0 radical (unpaired) electrons. The second-order valence-electron chi connectivity index (χ2n) is 3.29. The molecular weight excluding hydrogens is 273 g/mol. The number of halogens is 2. The van der Waals surface area contributed by atoms with Gasteiger partial charge in [-0.25, -0.2) is 12.8 Å². The zero-order chi connectivity index (χ0) is 13.2. The van der Waals surface area contributed by atoms with E-state index in [0.29, 0.717) is 0 Å². The number of anilines is 1. The van der Waals surface area contributed by atoms with Crippen LogP contribution in [-0.4, -0.2) is 24.7 Å². The molecule has 0 aliphatic carbocycles. The Bertz CT molecular complexity index is 526. The Morgan fingerprint density at radius 2 is 2.06 bits per heavy atom. The predicted octanol–water partition coefficient (Wildman–Crippen LogP) is 1.69. The molecule has 8 heteroatoms. The minimum atomic E-state index is -4.12. The van der Waals surface area contributed by atoms with E-state index in [9.17, 15) is 17.6 Å². The van der Waals surface area contributed by atoms with Crippen molar-refractivity contribution in [2.24, 2.45) is 0 Å². The standard InChI is InChI=1S/C9H9ClFNO4S/c1-5(9(13)14)17(15,16)12-8-3-6(10)2-7(11)4-8/h2-5,12H,1H3,(H,13,14). The monoisotopic (exact) mass is 281 g/mol. The first-order valence-corrected chi connectivity index (χ1v) is 6.35. The van der Waals surface area contributed by atoms with Crippen LogP contribution in [0.25, 0.3) is 0 Å². The second kappa shape index (κ2) is 4.89. The van der Waals surface area contributed by atoms with Gasteiger partial charge in [-0.3, -0.25) is 9.52 Å². The summed E-state index contributed by atoms with van der Waals surface area (Å²) in [6.45, 7) is 1.01. The maximum absolute atomic E-state index is 12.9. The molecule has 0 spiro atoms. The number of carboxylic acid groups (broad SMARTS) is 1. The average Bonchev–Trinajstić information content (AvgIpc) is 2.13. The van der Waals surface area contributed by atoms with E-state index in [1.165, 1.54) is 6.07 Å². The summed E-state index contributed by atoms with van der Waals surface area (Å²) >= 11 is 5.53. The Balaban J connectivity index is 3.02. The van der Waals surface area contributed by atoms with E-state index in [1.54, 1.807) is 0 Å². The zero-order valence-electron chi connectivity index (χ0n) is 8.65. The topological polar surface area (TPSA) is 83.5 Å². The first-order valence-electron chi connectivity index (χ1n) is 4.43. The fourth-order valence-electron chi connectivity index (χ4n) is 0.998. The van der Waals surface area contributed by atoms with Crippen molar-refractivity contribution >= 4 is 33.3 Å². The zero-order valence-corrected chi connectivity index (χ0v) is 10.2. The number of sulfonamides is 1. The van der Waals surface area contributed by atoms with Crippen LogP contribution in [0.15, 0.2) is 18.2 Å². The number of carbonyl (C=O) groups is 1. The first kappa shape index (κ1) is 13.7. The highest BCUT2D eigenvalue weighted by atomic mass is 35.5. The van der Waals surface area contributed by atoms with Crippen LogP contribution in [0, 0.1) is 5.82 Å². The molecule has 0 aliphatic heterocycles. The average molecular weight is 282 g/mol. The van der Waals surface area contributed by atoms with Gasteiger partial charge in [0.2, 0.25) is 10.0 Å². The molecule has 0 fully saturated rings. The highest BCUT2D eigenvalue weighted by molar-refractivity contribution is 7.94. The summed E-state index contributed by atoms with van der Waals surface area (Å²) in [7, 11) is -4.12. The van der Waals surface area contributed by atoms with E-state index in [0.717, 1.165) is 19.1 Å². The number of benzene rings is 1. The van der Waals surface area contributed by atoms with Crippen molar-refractivity contribution in [3.05, 3.63) is 29.0 Å². The molecule has 2 N–H and O–H groups in total. The molecule has 1 unspecified atom stereocenters. The van der Waals surface area contributed by atoms with Crippen LogP contribution in [0.1, 0.15) is 6.92 Å². The molecule has 0 saturated heterocycles. The molecule has 0 amide bonds. The van der Waals surface area contributed by atoms with Crippen LogP contribution in [0.5, 0.6) is 0 Å². The van der Waals surface area contributed by atoms with Gasteiger partial charge in [-0.15, -0.1) is 0 Å². The van der Waals surface area contributed by atoms with Crippen LogP contribution in [0.3, 0.4) is 0 Å². The Labute approximate surface area is 102 Å². The lowest BCUT2D eigenvalue weighted by Crippen LogP contribution is -2.32. The van der Waals surface area contributed by atoms with Crippen molar-refractivity contribution in [2.75, 3.05) is 4.72 Å². The number of aliphatic carboxylic acids is 1. The number of nitrogens with one attached hydrogen (secondary N) is 1. The van der Waals surface area contributed by atoms with Gasteiger partial charge in [0.25, 0.3) is 0 Å². The van der Waals surface area contributed by atoms with Crippen molar-refractivity contribution in [3.8, 4) is 0 Å². The predicted molar refractivity (Wildman–Crippen MR) is 61.1 cm³/mol. The van der Waals surface area contributed by atoms with Crippen LogP contribution < -0.4 is 4.72 Å². The minimum absolute atomic E-state index is 0.00526. The smallest absolute Gasteiger partial charge is 0.323 e. The Morgan fingerprint density at radius 1 is 1.47 bits per heavy atom. The van der Waals surface area contributed by atoms with Gasteiger partial charge in [0, 0.05) is 5.02 Å². The molecule has 0 aliphatic rings. The fraction of sp³-hybridized carbons (Fsp3) is 0.222. The van der Waals surface area contributed by atoms with Crippen LogP contribution >= 0.6 is 11.6 Å². The molecule has 5 nitrogen and oxygen atoms in total. The second-order valence-corrected chi connectivity index (χ2v) is 5.72. The molecule has 0 bridgehead atoms. The number of carboxylic acids is 1. The molecule has 1 rings (SSSR count). The molecular formula is C9H9ClFNO4S. The van der Waals surface area contributed by atoms with E-state index in [2.05, 4.69) is 0 Å². The largest absolute Gasteiger partial charge is 0.480 e. The Kier molecular flexibility index (Phi) is 3.94. The van der Waals surface area contributed by atoms with Gasteiger partial charge in [0.1, 0.15) is 5.82 Å². The highest BCUT2D eigenvalue weighted by Crippen LogP contribution is 2.20. The van der Waals surface area contributed by atoms with Gasteiger partial charge < -0.3 is 5.11 Å². The van der Waals surface area contributed by atoms with Gasteiger partial charge in [0.15, 0.2) is 5.25 Å². The molecule has 1 atom stereocenters. The van der Waals surface area contributed by atoms with Gasteiger partial charge in [-0.2, -0.15) is 0 Å². The fourth-order valence-corrected chi connectivity index (χ4v) is 2.11. The maximum Gasteiger partial charge on any atom is 0.323 e. The molecule has 0 heterocycles. The summed E-state index contributed by atoms with van der Waals surface area (Å²) in [6, 6.07) is 3.08. The third-order valence-corrected chi connectivity index (χ3v) is 3.81. The lowest BCUT2D eigenvalue weighted by Gasteiger charge is -2.11. The Hall–Kier alpha value is -1.34. The van der Waals surface area contributed by atoms with Gasteiger partial charge in [-0.1, -0.05) is 11.6 Å². The quantitative estimate of drug-likeness (QED) is 0.880. The van der Waals surface area contributed by atoms with Crippen LogP contribution in [0.4, 0.5) is 10.1 Å². The van der Waals surface area contributed by atoms with Crippen molar-refractivity contribution in [2.45, 2.75) is 12.2 Å². The van der Waals surface area contributed by atoms with E-state index in [1.807, 2.05) is 4.72 Å². The SMILES string of the molecule is CC(C(=O)O)S(=O)(=O)Nc1cc(F)cc(Cl)c1. The van der Waals surface area contributed by atoms with Gasteiger partial charge in [-0.05, 0) is 25.1 Å². The summed E-state index contributed by atoms with van der Waals surface area (Å²) in [6.07, 6.45) is 0. The van der Waals surface area contributed by atoms with Crippen molar-refractivity contribution in [1.82, 2.24) is 0 Å².